The Morgan fingerprint density at radius 1 is 1.17 bits per heavy atom. The van der Waals surface area contributed by atoms with Crippen LogP contribution in [0.25, 0.3) is 0 Å². The minimum atomic E-state index is 0.512. The van der Waals surface area contributed by atoms with Gasteiger partial charge in [0.1, 0.15) is 12.4 Å². The fourth-order valence-corrected chi connectivity index (χ4v) is 2.22. The monoisotopic (exact) mass is 391 g/mol. The van der Waals surface area contributed by atoms with E-state index in [-0.39, 0.29) is 0 Å². The molecule has 0 saturated carbocycles. The highest BCUT2D eigenvalue weighted by Crippen LogP contribution is 2.15. The molecule has 0 heterocycles. The van der Waals surface area contributed by atoms with Crippen LogP contribution in [-0.2, 0) is 6.61 Å². The largest absolute Gasteiger partial charge is 0.489 e. The van der Waals surface area contributed by atoms with E-state index in [1.807, 2.05) is 55.5 Å². The number of thiocarbonyl (C=S) groups is 1. The lowest BCUT2D eigenvalue weighted by Gasteiger charge is -2.07. The standard InChI is InChI=1S/C17H18BrN3OS/c1-2-19-17(23)21-20-11-13-5-9-16(10-6-13)22-12-14-3-7-15(18)8-4-14/h3-11H,2,12H2,1H3,(H2,19,21,23)/b20-11-. The van der Waals surface area contributed by atoms with Crippen molar-refractivity contribution in [3.05, 3.63) is 64.1 Å². The van der Waals surface area contributed by atoms with Gasteiger partial charge in [0.15, 0.2) is 5.11 Å². The number of hydrogen-bond acceptors (Lipinski definition) is 3. The van der Waals surface area contributed by atoms with Crippen LogP contribution in [0.15, 0.2) is 58.1 Å². The fraction of sp³-hybridized carbons (Fsp3) is 0.176. The minimum absolute atomic E-state index is 0.512. The van der Waals surface area contributed by atoms with Crippen LogP contribution >= 0.6 is 28.1 Å². The van der Waals surface area contributed by atoms with Crippen molar-refractivity contribution in [1.82, 2.24) is 10.7 Å². The molecule has 4 nitrogen and oxygen atoms in total. The van der Waals surface area contributed by atoms with E-state index in [1.165, 1.54) is 0 Å². The lowest BCUT2D eigenvalue weighted by molar-refractivity contribution is 0.306. The minimum Gasteiger partial charge on any atom is -0.489 e. The van der Waals surface area contributed by atoms with Crippen molar-refractivity contribution >= 4 is 39.5 Å². The molecule has 2 rings (SSSR count). The number of rotatable bonds is 6. The smallest absolute Gasteiger partial charge is 0.186 e. The van der Waals surface area contributed by atoms with Crippen LogP contribution in [0.2, 0.25) is 0 Å². The normalized spacial score (nSPS) is 10.5. The predicted molar refractivity (Wildman–Crippen MR) is 102 cm³/mol. The first-order chi connectivity index (χ1) is 11.2. The zero-order chi connectivity index (χ0) is 16.5. The maximum atomic E-state index is 5.76. The molecule has 0 aliphatic carbocycles. The number of hydrogen-bond donors (Lipinski definition) is 2. The second-order valence-corrected chi connectivity index (χ2v) is 6.04. The van der Waals surface area contributed by atoms with Crippen molar-refractivity contribution in [1.29, 1.82) is 0 Å². The molecule has 0 spiro atoms. The molecule has 0 saturated heterocycles. The molecule has 0 bridgehead atoms. The Morgan fingerprint density at radius 2 is 1.87 bits per heavy atom. The zero-order valence-corrected chi connectivity index (χ0v) is 15.2. The molecule has 0 amide bonds. The summed E-state index contributed by atoms with van der Waals surface area (Å²) in [7, 11) is 0. The molecule has 2 aromatic rings. The highest BCUT2D eigenvalue weighted by Gasteiger charge is 1.97. The first kappa shape index (κ1) is 17.4. The van der Waals surface area contributed by atoms with E-state index in [1.54, 1.807) is 6.21 Å². The van der Waals surface area contributed by atoms with Gasteiger partial charge in [-0.25, -0.2) is 0 Å². The number of benzene rings is 2. The molecule has 0 atom stereocenters. The van der Waals surface area contributed by atoms with E-state index in [0.29, 0.717) is 11.7 Å². The van der Waals surface area contributed by atoms with Gasteiger partial charge in [0.05, 0.1) is 6.21 Å². The molecule has 0 unspecified atom stereocenters. The zero-order valence-electron chi connectivity index (χ0n) is 12.8. The third-order valence-electron chi connectivity index (χ3n) is 2.92. The maximum Gasteiger partial charge on any atom is 0.186 e. The highest BCUT2D eigenvalue weighted by atomic mass is 79.9. The van der Waals surface area contributed by atoms with E-state index in [9.17, 15) is 0 Å². The third kappa shape index (κ3) is 6.38. The van der Waals surface area contributed by atoms with Gasteiger partial charge in [-0.15, -0.1) is 0 Å². The third-order valence-corrected chi connectivity index (χ3v) is 3.68. The van der Waals surface area contributed by atoms with Crippen molar-refractivity contribution < 1.29 is 4.74 Å². The van der Waals surface area contributed by atoms with Crippen LogP contribution < -0.4 is 15.5 Å². The molecule has 6 heteroatoms. The Balaban J connectivity index is 1.83. The second-order valence-electron chi connectivity index (χ2n) is 4.71. The Hall–Kier alpha value is -1.92. The molecular formula is C17H18BrN3OS. The molecule has 23 heavy (non-hydrogen) atoms. The highest BCUT2D eigenvalue weighted by molar-refractivity contribution is 9.10. The van der Waals surface area contributed by atoms with Crippen LogP contribution in [0.3, 0.4) is 0 Å². The van der Waals surface area contributed by atoms with E-state index in [2.05, 4.69) is 31.8 Å². The van der Waals surface area contributed by atoms with Gasteiger partial charge < -0.3 is 10.1 Å². The van der Waals surface area contributed by atoms with Crippen molar-refractivity contribution in [3.8, 4) is 5.75 Å². The van der Waals surface area contributed by atoms with Crippen molar-refractivity contribution in [2.75, 3.05) is 6.54 Å². The van der Waals surface area contributed by atoms with Gasteiger partial charge in [0, 0.05) is 11.0 Å². The second kappa shape index (κ2) is 9.27. The van der Waals surface area contributed by atoms with Gasteiger partial charge in [0.2, 0.25) is 0 Å². The molecule has 120 valence electrons. The number of ether oxygens (including phenoxy) is 1. The number of nitrogens with zero attached hydrogens (tertiary/aromatic N) is 1. The summed E-state index contributed by atoms with van der Waals surface area (Å²) in [5.41, 5.74) is 4.84. The Bertz CT molecular complexity index is 657. The van der Waals surface area contributed by atoms with Gasteiger partial charge in [-0.2, -0.15) is 5.10 Å². The summed E-state index contributed by atoms with van der Waals surface area (Å²) in [4.78, 5) is 0. The molecule has 0 fully saturated rings. The van der Waals surface area contributed by atoms with Gasteiger partial charge in [-0.05, 0) is 66.7 Å². The van der Waals surface area contributed by atoms with Gasteiger partial charge in [0.25, 0.3) is 0 Å². The summed E-state index contributed by atoms with van der Waals surface area (Å²) < 4.78 is 6.82. The quantitative estimate of drug-likeness (QED) is 0.446. The van der Waals surface area contributed by atoms with Crippen LogP contribution in [0.1, 0.15) is 18.1 Å². The number of hydrazone groups is 1. The number of nitrogens with one attached hydrogen (secondary N) is 2. The molecule has 0 aromatic heterocycles. The molecular weight excluding hydrogens is 374 g/mol. The van der Waals surface area contributed by atoms with Gasteiger partial charge in [-0.3, -0.25) is 5.43 Å². The molecule has 2 N–H and O–H groups in total. The average Bonchev–Trinajstić information content (AvgIpc) is 2.56. The average molecular weight is 392 g/mol. The molecule has 0 aliphatic rings. The van der Waals surface area contributed by atoms with Gasteiger partial charge >= 0.3 is 0 Å². The first-order valence-corrected chi connectivity index (χ1v) is 8.41. The van der Waals surface area contributed by atoms with E-state index < -0.39 is 0 Å². The van der Waals surface area contributed by atoms with Crippen molar-refractivity contribution in [2.24, 2.45) is 5.10 Å². The summed E-state index contributed by atoms with van der Waals surface area (Å²) >= 11 is 8.44. The van der Waals surface area contributed by atoms with Gasteiger partial charge in [-0.1, -0.05) is 28.1 Å². The summed E-state index contributed by atoms with van der Waals surface area (Å²) in [6.07, 6.45) is 1.71. The summed E-state index contributed by atoms with van der Waals surface area (Å²) in [5, 5.41) is 7.54. The predicted octanol–water partition coefficient (Wildman–Crippen LogP) is 3.85. The van der Waals surface area contributed by atoms with Crippen molar-refractivity contribution in [2.45, 2.75) is 13.5 Å². The summed E-state index contributed by atoms with van der Waals surface area (Å²) in [6.45, 7) is 3.29. The Morgan fingerprint density at radius 3 is 2.52 bits per heavy atom. The van der Waals surface area contributed by atoms with Crippen LogP contribution in [0, 0.1) is 0 Å². The maximum absolute atomic E-state index is 5.76. The van der Waals surface area contributed by atoms with Crippen molar-refractivity contribution in [3.63, 3.8) is 0 Å². The van der Waals surface area contributed by atoms with Crippen LogP contribution in [-0.4, -0.2) is 17.9 Å². The van der Waals surface area contributed by atoms with E-state index in [4.69, 9.17) is 17.0 Å². The lowest BCUT2D eigenvalue weighted by Crippen LogP contribution is -2.31. The Kier molecular flexibility index (Phi) is 7.03. The Labute approximate surface area is 150 Å². The summed E-state index contributed by atoms with van der Waals surface area (Å²) in [5.74, 6) is 0.821. The van der Waals surface area contributed by atoms with Crippen LogP contribution in [0.4, 0.5) is 0 Å². The molecule has 2 aromatic carbocycles. The van der Waals surface area contributed by atoms with Crippen LogP contribution in [0.5, 0.6) is 5.75 Å². The number of halogens is 1. The first-order valence-electron chi connectivity index (χ1n) is 7.21. The van der Waals surface area contributed by atoms with E-state index in [0.717, 1.165) is 27.9 Å². The fourth-order valence-electron chi connectivity index (χ4n) is 1.76. The lowest BCUT2D eigenvalue weighted by atomic mass is 10.2. The molecule has 0 aliphatic heterocycles. The SMILES string of the molecule is CCNC(=S)N/N=C\c1ccc(OCc2ccc(Br)cc2)cc1. The summed E-state index contributed by atoms with van der Waals surface area (Å²) in [6, 6.07) is 15.8. The molecule has 0 radical (unpaired) electrons. The van der Waals surface area contributed by atoms with E-state index >= 15 is 0 Å². The topological polar surface area (TPSA) is 45.7 Å².